The summed E-state index contributed by atoms with van der Waals surface area (Å²) in [6.07, 6.45) is 0. The second-order valence-electron chi connectivity index (χ2n) is 6.83. The van der Waals surface area contributed by atoms with Crippen LogP contribution in [0.2, 0.25) is 0 Å². The summed E-state index contributed by atoms with van der Waals surface area (Å²) in [5, 5.41) is 16.5. The number of carboxylic acids is 1. The number of thiol groups is 1. The molecule has 0 aliphatic carbocycles. The van der Waals surface area contributed by atoms with Crippen LogP contribution in [0.25, 0.3) is 0 Å². The van der Waals surface area contributed by atoms with Crippen LogP contribution >= 0.6 is 12.6 Å². The molecule has 10 heteroatoms. The Hall–Kier alpha value is -1.81. The van der Waals surface area contributed by atoms with Gasteiger partial charge in [0.05, 0.1) is 6.04 Å². The minimum absolute atomic E-state index is 0.0844. The van der Waals surface area contributed by atoms with Crippen LogP contribution in [0.4, 0.5) is 0 Å². The smallest absolute Gasteiger partial charge is 0.327 e. The fourth-order valence-corrected chi connectivity index (χ4v) is 2.29. The summed E-state index contributed by atoms with van der Waals surface area (Å²) in [6, 6.07) is -3.77. The standard InChI is InChI=1S/C16H30N4O5S/c1-7(2)11(14(22)18-10(6-26)16(24)25)20-15(23)12(8(3)4)19-13(21)9(5)17/h7-12,26H,6,17H2,1-5H3,(H,18,22)(H,19,21)(H,20,23)(H,24,25). The van der Waals surface area contributed by atoms with Gasteiger partial charge in [0.25, 0.3) is 0 Å². The van der Waals surface area contributed by atoms with Gasteiger partial charge in [-0.3, -0.25) is 14.4 Å². The molecule has 0 aliphatic rings. The van der Waals surface area contributed by atoms with Crippen LogP contribution in [0.15, 0.2) is 0 Å². The highest BCUT2D eigenvalue weighted by atomic mass is 32.1. The first kappa shape index (κ1) is 24.2. The predicted octanol–water partition coefficient (Wildman–Crippen LogP) is -0.886. The van der Waals surface area contributed by atoms with E-state index in [9.17, 15) is 19.2 Å². The summed E-state index contributed by atoms with van der Waals surface area (Å²) >= 11 is 3.89. The maximum absolute atomic E-state index is 12.6. The van der Waals surface area contributed by atoms with Gasteiger partial charge in [-0.2, -0.15) is 12.6 Å². The molecule has 0 aromatic rings. The quantitative estimate of drug-likeness (QED) is 0.266. The van der Waals surface area contributed by atoms with Crippen molar-refractivity contribution in [3.8, 4) is 0 Å². The van der Waals surface area contributed by atoms with Crippen LogP contribution in [-0.4, -0.2) is 58.7 Å². The van der Waals surface area contributed by atoms with Crippen LogP contribution in [0, 0.1) is 11.8 Å². The molecule has 150 valence electrons. The third-order valence-corrected chi connectivity index (χ3v) is 4.07. The van der Waals surface area contributed by atoms with Crippen LogP contribution in [0.3, 0.4) is 0 Å². The van der Waals surface area contributed by atoms with Crippen molar-refractivity contribution in [2.24, 2.45) is 17.6 Å². The molecule has 26 heavy (non-hydrogen) atoms. The maximum Gasteiger partial charge on any atom is 0.327 e. The third kappa shape index (κ3) is 7.61. The molecule has 9 nitrogen and oxygen atoms in total. The van der Waals surface area contributed by atoms with E-state index in [0.717, 1.165) is 0 Å². The number of carbonyl (C=O) groups is 4. The van der Waals surface area contributed by atoms with E-state index in [1.54, 1.807) is 27.7 Å². The largest absolute Gasteiger partial charge is 0.480 e. The lowest BCUT2D eigenvalue weighted by atomic mass is 9.99. The summed E-state index contributed by atoms with van der Waals surface area (Å²) in [6.45, 7) is 8.42. The molecular formula is C16H30N4O5S. The molecule has 0 saturated carbocycles. The fraction of sp³-hybridized carbons (Fsp3) is 0.750. The van der Waals surface area contributed by atoms with E-state index in [4.69, 9.17) is 10.8 Å². The van der Waals surface area contributed by atoms with E-state index in [1.807, 2.05) is 0 Å². The second-order valence-corrected chi connectivity index (χ2v) is 7.20. The lowest BCUT2D eigenvalue weighted by Gasteiger charge is -2.28. The Morgan fingerprint density at radius 1 is 0.846 bits per heavy atom. The molecule has 4 atom stereocenters. The molecule has 0 aromatic heterocycles. The molecule has 0 fully saturated rings. The Balaban J connectivity index is 5.21. The number of nitrogens with two attached hydrogens (primary N) is 1. The van der Waals surface area contributed by atoms with E-state index in [2.05, 4.69) is 28.6 Å². The molecule has 4 unspecified atom stereocenters. The van der Waals surface area contributed by atoms with E-state index in [-0.39, 0.29) is 17.6 Å². The molecule has 0 aromatic carbocycles. The van der Waals surface area contributed by atoms with Gasteiger partial charge in [-0.15, -0.1) is 0 Å². The van der Waals surface area contributed by atoms with Crippen LogP contribution in [-0.2, 0) is 19.2 Å². The van der Waals surface area contributed by atoms with Crippen molar-refractivity contribution in [3.63, 3.8) is 0 Å². The van der Waals surface area contributed by atoms with Crippen molar-refractivity contribution in [2.75, 3.05) is 5.75 Å². The van der Waals surface area contributed by atoms with Gasteiger partial charge in [0.2, 0.25) is 17.7 Å². The van der Waals surface area contributed by atoms with Gasteiger partial charge in [0.1, 0.15) is 18.1 Å². The summed E-state index contributed by atoms with van der Waals surface area (Å²) < 4.78 is 0. The fourth-order valence-electron chi connectivity index (χ4n) is 2.04. The lowest BCUT2D eigenvalue weighted by Crippen LogP contribution is -2.59. The molecule has 0 radical (unpaired) electrons. The molecule has 0 saturated heterocycles. The molecule has 0 rings (SSSR count). The predicted molar refractivity (Wildman–Crippen MR) is 101 cm³/mol. The number of aliphatic carboxylic acids is 1. The zero-order valence-electron chi connectivity index (χ0n) is 15.8. The zero-order chi connectivity index (χ0) is 20.6. The molecule has 3 amide bonds. The first-order chi connectivity index (χ1) is 11.9. The van der Waals surface area contributed by atoms with E-state index in [1.165, 1.54) is 6.92 Å². The van der Waals surface area contributed by atoms with Crippen LogP contribution in [0.1, 0.15) is 34.6 Å². The van der Waals surface area contributed by atoms with Crippen molar-refractivity contribution < 1.29 is 24.3 Å². The Bertz CT molecular complexity index is 525. The molecular weight excluding hydrogens is 360 g/mol. The summed E-state index contributed by atoms with van der Waals surface area (Å²) in [4.78, 5) is 47.8. The average molecular weight is 391 g/mol. The number of amides is 3. The summed E-state index contributed by atoms with van der Waals surface area (Å²) in [5.41, 5.74) is 5.51. The van der Waals surface area contributed by atoms with Gasteiger partial charge >= 0.3 is 5.97 Å². The number of rotatable bonds is 10. The van der Waals surface area contributed by atoms with Gasteiger partial charge < -0.3 is 26.8 Å². The van der Waals surface area contributed by atoms with Gasteiger partial charge in [-0.05, 0) is 18.8 Å². The van der Waals surface area contributed by atoms with Gasteiger partial charge in [-0.1, -0.05) is 27.7 Å². The second kappa shape index (κ2) is 11.0. The minimum Gasteiger partial charge on any atom is -0.480 e. The first-order valence-corrected chi connectivity index (χ1v) is 9.05. The van der Waals surface area contributed by atoms with Crippen molar-refractivity contribution in [2.45, 2.75) is 58.8 Å². The molecule has 0 heterocycles. The Kier molecular flexibility index (Phi) is 10.3. The SMILES string of the molecule is CC(N)C(=O)NC(C(=O)NC(C(=O)NC(CS)C(=O)O)C(C)C)C(C)C. The van der Waals surface area contributed by atoms with Gasteiger partial charge in [-0.25, -0.2) is 4.79 Å². The first-order valence-electron chi connectivity index (χ1n) is 8.42. The Labute approximate surface area is 159 Å². The third-order valence-electron chi connectivity index (χ3n) is 3.70. The maximum atomic E-state index is 12.6. The highest BCUT2D eigenvalue weighted by Gasteiger charge is 2.32. The monoisotopic (exact) mass is 390 g/mol. The zero-order valence-corrected chi connectivity index (χ0v) is 16.7. The molecule has 0 spiro atoms. The Morgan fingerprint density at radius 2 is 1.23 bits per heavy atom. The van der Waals surface area contributed by atoms with Crippen molar-refractivity contribution in [1.29, 1.82) is 0 Å². The van der Waals surface area contributed by atoms with Gasteiger partial charge in [0, 0.05) is 5.75 Å². The van der Waals surface area contributed by atoms with Crippen molar-refractivity contribution in [1.82, 2.24) is 16.0 Å². The van der Waals surface area contributed by atoms with Crippen molar-refractivity contribution in [3.05, 3.63) is 0 Å². The molecule has 0 aliphatic heterocycles. The summed E-state index contributed by atoms with van der Waals surface area (Å²) in [5.74, 6) is -3.49. The average Bonchev–Trinajstić information content (AvgIpc) is 2.53. The number of carboxylic acid groups (broad SMARTS) is 1. The lowest BCUT2D eigenvalue weighted by molar-refractivity contribution is -0.142. The van der Waals surface area contributed by atoms with Gasteiger partial charge in [0.15, 0.2) is 0 Å². The number of carbonyl (C=O) groups excluding carboxylic acids is 3. The summed E-state index contributed by atoms with van der Waals surface area (Å²) in [7, 11) is 0. The van der Waals surface area contributed by atoms with E-state index in [0.29, 0.717) is 0 Å². The highest BCUT2D eigenvalue weighted by molar-refractivity contribution is 7.80. The molecule has 6 N–H and O–H groups in total. The normalized spacial score (nSPS) is 15.7. The Morgan fingerprint density at radius 3 is 1.54 bits per heavy atom. The topological polar surface area (TPSA) is 151 Å². The van der Waals surface area contributed by atoms with E-state index < -0.39 is 47.9 Å². The molecule has 0 bridgehead atoms. The minimum atomic E-state index is -1.22. The number of hydrogen-bond donors (Lipinski definition) is 6. The van der Waals surface area contributed by atoms with Crippen molar-refractivity contribution >= 4 is 36.3 Å². The highest BCUT2D eigenvalue weighted by Crippen LogP contribution is 2.07. The van der Waals surface area contributed by atoms with Crippen LogP contribution < -0.4 is 21.7 Å². The number of hydrogen-bond acceptors (Lipinski definition) is 6. The van der Waals surface area contributed by atoms with Crippen LogP contribution in [0.5, 0.6) is 0 Å². The number of nitrogens with one attached hydrogen (secondary N) is 3. The van der Waals surface area contributed by atoms with E-state index >= 15 is 0 Å².